The van der Waals surface area contributed by atoms with Crippen LogP contribution >= 0.6 is 0 Å². The van der Waals surface area contributed by atoms with Gasteiger partial charge in [-0.05, 0) is 37.1 Å². The van der Waals surface area contributed by atoms with Crippen molar-refractivity contribution in [3.05, 3.63) is 29.8 Å². The van der Waals surface area contributed by atoms with Crippen LogP contribution in [0.5, 0.6) is 5.75 Å². The number of nitrogens with one attached hydrogen (secondary N) is 1. The van der Waals surface area contributed by atoms with Crippen LogP contribution < -0.4 is 10.1 Å². The van der Waals surface area contributed by atoms with Crippen molar-refractivity contribution in [1.29, 1.82) is 0 Å². The van der Waals surface area contributed by atoms with Gasteiger partial charge >= 0.3 is 6.18 Å². The maximum absolute atomic E-state index is 12.4. The zero-order valence-electron chi connectivity index (χ0n) is 11.2. The predicted octanol–water partition coefficient (Wildman–Crippen LogP) is 1.97. The lowest BCUT2D eigenvalue weighted by Gasteiger charge is -2.14. The number of rotatable bonds is 6. The van der Waals surface area contributed by atoms with E-state index in [0.717, 1.165) is 25.0 Å². The largest absolute Gasteiger partial charge is 0.491 e. The standard InChI is InChI=1S/C14H16F3NO3/c15-14(16,17)10-3-5-12(6-4-10)21-8-11(19)7-18-13(20)9-1-2-9/h3-6,9,11,19H,1-2,7-8H2,(H,18,20). The van der Waals surface area contributed by atoms with E-state index in [2.05, 4.69) is 5.32 Å². The van der Waals surface area contributed by atoms with Crippen LogP contribution in [-0.4, -0.2) is 30.3 Å². The summed E-state index contributed by atoms with van der Waals surface area (Å²) in [7, 11) is 0. The van der Waals surface area contributed by atoms with Gasteiger partial charge in [-0.15, -0.1) is 0 Å². The van der Waals surface area contributed by atoms with Gasteiger partial charge < -0.3 is 15.2 Å². The summed E-state index contributed by atoms with van der Waals surface area (Å²) in [6.45, 7) is -0.0354. The second kappa shape index (κ2) is 6.34. The average molecular weight is 303 g/mol. The van der Waals surface area contributed by atoms with Crippen molar-refractivity contribution in [1.82, 2.24) is 5.32 Å². The zero-order chi connectivity index (χ0) is 15.5. The number of ether oxygens (including phenoxy) is 1. The number of halogens is 3. The first-order chi connectivity index (χ1) is 9.86. The number of alkyl halides is 3. The van der Waals surface area contributed by atoms with Gasteiger partial charge in [-0.3, -0.25) is 4.79 Å². The number of hydrogen-bond donors (Lipinski definition) is 2. The Bertz CT molecular complexity index is 483. The highest BCUT2D eigenvalue weighted by atomic mass is 19.4. The number of aliphatic hydroxyl groups is 1. The minimum atomic E-state index is -4.38. The van der Waals surface area contributed by atoms with E-state index in [4.69, 9.17) is 4.74 Å². The fraction of sp³-hybridized carbons (Fsp3) is 0.500. The van der Waals surface area contributed by atoms with Crippen molar-refractivity contribution < 1.29 is 27.8 Å². The molecule has 1 amide bonds. The highest BCUT2D eigenvalue weighted by Gasteiger charge is 2.30. The van der Waals surface area contributed by atoms with Crippen LogP contribution in [0.25, 0.3) is 0 Å². The summed E-state index contributed by atoms with van der Waals surface area (Å²) in [4.78, 5) is 11.3. The normalized spacial score (nSPS) is 16.4. The van der Waals surface area contributed by atoms with E-state index in [0.29, 0.717) is 0 Å². The van der Waals surface area contributed by atoms with Crippen molar-refractivity contribution in [2.45, 2.75) is 25.1 Å². The van der Waals surface area contributed by atoms with Crippen LogP contribution in [-0.2, 0) is 11.0 Å². The number of hydrogen-bond acceptors (Lipinski definition) is 3. The third kappa shape index (κ3) is 4.93. The molecular formula is C14H16F3NO3. The molecule has 0 heterocycles. The summed E-state index contributed by atoms with van der Waals surface area (Å²) in [6, 6.07) is 4.21. The molecule has 1 aliphatic rings. The summed E-state index contributed by atoms with van der Waals surface area (Å²) < 4.78 is 42.3. The second-order valence-corrected chi connectivity index (χ2v) is 5.01. The molecule has 0 saturated heterocycles. The molecule has 7 heteroatoms. The molecular weight excluding hydrogens is 287 g/mol. The fourth-order valence-corrected chi connectivity index (χ4v) is 1.70. The third-order valence-electron chi connectivity index (χ3n) is 3.08. The first-order valence-corrected chi connectivity index (χ1v) is 6.62. The average Bonchev–Trinajstić information content (AvgIpc) is 3.26. The van der Waals surface area contributed by atoms with Crippen LogP contribution in [0.1, 0.15) is 18.4 Å². The Balaban J connectivity index is 1.73. The number of carbonyl (C=O) groups is 1. The van der Waals surface area contributed by atoms with Crippen LogP contribution in [0.4, 0.5) is 13.2 Å². The Kier molecular flexibility index (Phi) is 4.72. The molecule has 0 aromatic heterocycles. The van der Waals surface area contributed by atoms with Gasteiger partial charge in [0.05, 0.1) is 5.56 Å². The molecule has 0 aliphatic heterocycles. The van der Waals surface area contributed by atoms with Crippen LogP contribution in [0.2, 0.25) is 0 Å². The third-order valence-corrected chi connectivity index (χ3v) is 3.08. The van der Waals surface area contributed by atoms with Gasteiger partial charge in [0.25, 0.3) is 0 Å². The Morgan fingerprint density at radius 1 is 1.33 bits per heavy atom. The summed E-state index contributed by atoms with van der Waals surface area (Å²) in [5, 5.41) is 12.2. The van der Waals surface area contributed by atoms with Crippen molar-refractivity contribution in [3.63, 3.8) is 0 Å². The van der Waals surface area contributed by atoms with E-state index >= 15 is 0 Å². The lowest BCUT2D eigenvalue weighted by Crippen LogP contribution is -2.36. The van der Waals surface area contributed by atoms with Crippen molar-refractivity contribution in [2.24, 2.45) is 5.92 Å². The second-order valence-electron chi connectivity index (χ2n) is 5.01. The Labute approximate surface area is 119 Å². The molecule has 2 N–H and O–H groups in total. The molecule has 2 rings (SSSR count). The first kappa shape index (κ1) is 15.6. The van der Waals surface area contributed by atoms with Crippen LogP contribution in [0.3, 0.4) is 0 Å². The van der Waals surface area contributed by atoms with Crippen molar-refractivity contribution >= 4 is 5.91 Å². The topological polar surface area (TPSA) is 58.6 Å². The zero-order valence-corrected chi connectivity index (χ0v) is 11.2. The van der Waals surface area contributed by atoms with Gasteiger partial charge in [-0.25, -0.2) is 0 Å². The van der Waals surface area contributed by atoms with Gasteiger partial charge in [0.2, 0.25) is 5.91 Å². The Morgan fingerprint density at radius 3 is 2.48 bits per heavy atom. The quantitative estimate of drug-likeness (QED) is 0.845. The summed E-state index contributed by atoms with van der Waals surface area (Å²) in [5.74, 6) is 0.215. The van der Waals surface area contributed by atoms with E-state index < -0.39 is 17.8 Å². The molecule has 1 fully saturated rings. The molecule has 21 heavy (non-hydrogen) atoms. The molecule has 1 saturated carbocycles. The molecule has 4 nitrogen and oxygen atoms in total. The predicted molar refractivity (Wildman–Crippen MR) is 68.7 cm³/mol. The summed E-state index contributed by atoms with van der Waals surface area (Å²) >= 11 is 0. The van der Waals surface area contributed by atoms with Crippen LogP contribution in [0.15, 0.2) is 24.3 Å². The molecule has 0 spiro atoms. The molecule has 1 atom stereocenters. The molecule has 1 aliphatic carbocycles. The SMILES string of the molecule is O=C(NCC(O)COc1ccc(C(F)(F)F)cc1)C1CC1. The number of benzene rings is 1. The molecule has 116 valence electrons. The van der Waals surface area contributed by atoms with Gasteiger partial charge in [0, 0.05) is 12.5 Å². The highest BCUT2D eigenvalue weighted by molar-refractivity contribution is 5.80. The maximum Gasteiger partial charge on any atom is 0.416 e. The minimum Gasteiger partial charge on any atom is -0.491 e. The lowest BCUT2D eigenvalue weighted by molar-refractivity contribution is -0.137. The van der Waals surface area contributed by atoms with E-state index in [1.807, 2.05) is 0 Å². The molecule has 1 unspecified atom stereocenters. The first-order valence-electron chi connectivity index (χ1n) is 6.62. The number of amides is 1. The Morgan fingerprint density at radius 2 is 1.95 bits per heavy atom. The van der Waals surface area contributed by atoms with E-state index in [9.17, 15) is 23.1 Å². The molecule has 1 aromatic rings. The van der Waals surface area contributed by atoms with E-state index in [-0.39, 0.29) is 30.7 Å². The van der Waals surface area contributed by atoms with E-state index in [1.165, 1.54) is 12.1 Å². The monoisotopic (exact) mass is 303 g/mol. The van der Waals surface area contributed by atoms with Gasteiger partial charge in [-0.2, -0.15) is 13.2 Å². The minimum absolute atomic E-state index is 0.0630. The highest BCUT2D eigenvalue weighted by Crippen LogP contribution is 2.30. The lowest BCUT2D eigenvalue weighted by atomic mass is 10.2. The van der Waals surface area contributed by atoms with Gasteiger partial charge in [0.1, 0.15) is 18.5 Å². The Hall–Kier alpha value is -1.76. The number of aliphatic hydroxyl groups excluding tert-OH is 1. The van der Waals surface area contributed by atoms with Gasteiger partial charge in [-0.1, -0.05) is 0 Å². The number of carbonyl (C=O) groups excluding carboxylic acids is 1. The summed E-state index contributed by atoms with van der Waals surface area (Å²) in [6.07, 6.45) is -3.53. The van der Waals surface area contributed by atoms with Crippen molar-refractivity contribution in [3.8, 4) is 5.75 Å². The fourth-order valence-electron chi connectivity index (χ4n) is 1.70. The van der Waals surface area contributed by atoms with E-state index in [1.54, 1.807) is 0 Å². The van der Waals surface area contributed by atoms with Crippen molar-refractivity contribution in [2.75, 3.05) is 13.2 Å². The smallest absolute Gasteiger partial charge is 0.416 e. The molecule has 0 radical (unpaired) electrons. The molecule has 1 aromatic carbocycles. The van der Waals surface area contributed by atoms with Crippen LogP contribution in [0, 0.1) is 5.92 Å². The molecule has 0 bridgehead atoms. The maximum atomic E-state index is 12.4. The van der Waals surface area contributed by atoms with Gasteiger partial charge in [0.15, 0.2) is 0 Å². The summed E-state index contributed by atoms with van der Waals surface area (Å²) in [5.41, 5.74) is -0.757.